The first-order chi connectivity index (χ1) is 1.00. The van der Waals surface area contributed by atoms with Crippen molar-refractivity contribution in [3.8, 4) is 0 Å². The van der Waals surface area contributed by atoms with Crippen molar-refractivity contribution in [2.75, 3.05) is 0 Å². The molecule has 0 bridgehead atoms. The maximum Gasteiger partial charge on any atom is 0 e. The molecular weight excluding hydrogens is 199 g/mol. The van der Waals surface area contributed by atoms with E-state index in [9.17, 15) is 0 Å². The number of hydrogen-bond donors (Lipinski definition) is 0. The van der Waals surface area contributed by atoms with Gasteiger partial charge in [-0.2, -0.15) is 0 Å². The summed E-state index contributed by atoms with van der Waals surface area (Å²) in [6, 6.07) is 0. The number of hydrogen-bond acceptors (Lipinski definition) is 1. The molecule has 1 nitrogen and oxygen atoms in total. The predicted molar refractivity (Wildman–Crippen MR) is 10.6 cm³/mol. The fraction of sp³-hybridized carbons (Fsp3) is 0. The van der Waals surface area contributed by atoms with Gasteiger partial charge in [0.1, 0.15) is 0 Å². The Balaban J connectivity index is -0.00000000500. The molecule has 0 aliphatic carbocycles. The van der Waals surface area contributed by atoms with Crippen molar-refractivity contribution in [1.82, 2.24) is 0 Å². The first-order valence-corrected chi connectivity index (χ1v) is 0.842. The fourth-order valence-electron chi connectivity index (χ4n) is 0. The molecule has 0 aliphatic rings. The van der Waals surface area contributed by atoms with Crippen LogP contribution in [0.1, 0.15) is 0 Å². The smallest absolute Gasteiger partial charge is 0 e. The zero-order chi connectivity index (χ0) is 2.00. The molecule has 0 fully saturated rings. The SMILES string of the molecule is [GaH3].[O]=[Ti].[Zn]. The van der Waals surface area contributed by atoms with Gasteiger partial charge in [-0.1, -0.05) is 0 Å². The van der Waals surface area contributed by atoms with E-state index in [0.717, 1.165) is 20.4 Å². The summed E-state index contributed by atoms with van der Waals surface area (Å²) in [5.74, 6) is 0. The van der Waals surface area contributed by atoms with E-state index < -0.39 is 0 Å². The summed E-state index contributed by atoms with van der Waals surface area (Å²) < 4.78 is 8.25. The maximum atomic E-state index is 8.25. The van der Waals surface area contributed by atoms with Crippen LogP contribution in [0.4, 0.5) is 0 Å². The summed E-state index contributed by atoms with van der Waals surface area (Å²) in [5, 5.41) is 0. The summed E-state index contributed by atoms with van der Waals surface area (Å²) in [6.07, 6.45) is 0. The first kappa shape index (κ1) is 17.1. The molecule has 0 amide bonds. The number of rotatable bonds is 0. The molecular formula is H3GaOTiZn. The molecule has 0 saturated carbocycles. The van der Waals surface area contributed by atoms with E-state index in [0.29, 0.717) is 0 Å². The van der Waals surface area contributed by atoms with Crippen LogP contribution in [0.2, 0.25) is 0 Å². The van der Waals surface area contributed by atoms with Crippen molar-refractivity contribution in [2.24, 2.45) is 0 Å². The molecule has 0 aromatic rings. The molecule has 0 saturated heterocycles. The summed E-state index contributed by atoms with van der Waals surface area (Å²) in [7, 11) is 0. The van der Waals surface area contributed by atoms with Crippen LogP contribution in [-0.4, -0.2) is 19.8 Å². The Morgan fingerprint density at radius 1 is 1.25 bits per heavy atom. The van der Waals surface area contributed by atoms with E-state index in [2.05, 4.69) is 0 Å². The molecule has 0 unspecified atom stereocenters. The zero-order valence-corrected chi connectivity index (χ0v) is 6.14. The van der Waals surface area contributed by atoms with Gasteiger partial charge in [0.05, 0.1) is 0 Å². The maximum absolute atomic E-state index is 8.25. The zero-order valence-electron chi connectivity index (χ0n) is 1.62. The molecule has 4 heteroatoms. The van der Waals surface area contributed by atoms with E-state index in [-0.39, 0.29) is 39.3 Å². The third kappa shape index (κ3) is 9.23. The van der Waals surface area contributed by atoms with Crippen LogP contribution in [0, 0.1) is 0 Å². The predicted octanol–water partition coefficient (Wildman–Crippen LogP) is -1.31. The minimum absolute atomic E-state index is 0. The minimum atomic E-state index is 0. The fourth-order valence-corrected chi connectivity index (χ4v) is 0. The standard InChI is InChI=1S/Ga.O.Ti.Zn.3H. The summed E-state index contributed by atoms with van der Waals surface area (Å²) in [5.41, 5.74) is 0. The van der Waals surface area contributed by atoms with Crippen LogP contribution >= 0.6 is 0 Å². The van der Waals surface area contributed by atoms with Crippen LogP contribution in [-0.2, 0) is 43.2 Å². The minimum Gasteiger partial charge on any atom is 0 e. The average molecular weight is 202 g/mol. The molecule has 4 heavy (non-hydrogen) atoms. The summed E-state index contributed by atoms with van der Waals surface area (Å²) >= 11 is 0.750. The molecule has 0 rings (SSSR count). The summed E-state index contributed by atoms with van der Waals surface area (Å²) in [4.78, 5) is 0. The van der Waals surface area contributed by atoms with Gasteiger partial charge < -0.3 is 0 Å². The van der Waals surface area contributed by atoms with Gasteiger partial charge in [0.2, 0.25) is 0 Å². The molecule has 0 spiro atoms. The Kier molecular flexibility index (Phi) is 92.4. The van der Waals surface area contributed by atoms with Crippen molar-refractivity contribution in [2.45, 2.75) is 0 Å². The van der Waals surface area contributed by atoms with Crippen molar-refractivity contribution in [3.05, 3.63) is 0 Å². The Labute approximate surface area is 62.5 Å². The van der Waals surface area contributed by atoms with Gasteiger partial charge in [-0.15, -0.1) is 0 Å². The van der Waals surface area contributed by atoms with Crippen LogP contribution in [0.5, 0.6) is 0 Å². The van der Waals surface area contributed by atoms with Crippen molar-refractivity contribution in [3.63, 3.8) is 0 Å². The second kappa shape index (κ2) is 21.6. The second-order valence-electron chi connectivity index (χ2n) is 0. The van der Waals surface area contributed by atoms with Crippen LogP contribution in [0.25, 0.3) is 0 Å². The van der Waals surface area contributed by atoms with Gasteiger partial charge in [-0.25, -0.2) is 0 Å². The molecule has 0 radical (unpaired) electrons. The quantitative estimate of drug-likeness (QED) is 0.446. The monoisotopic (exact) mass is 200 g/mol. The molecule has 0 N–H and O–H groups in total. The van der Waals surface area contributed by atoms with Gasteiger partial charge in [0, 0.05) is 19.5 Å². The Hall–Kier alpha value is 1.77. The van der Waals surface area contributed by atoms with Crippen LogP contribution in [0.15, 0.2) is 0 Å². The van der Waals surface area contributed by atoms with Crippen molar-refractivity contribution < 1.29 is 43.2 Å². The Morgan fingerprint density at radius 3 is 1.25 bits per heavy atom. The van der Waals surface area contributed by atoms with E-state index in [1.165, 1.54) is 0 Å². The van der Waals surface area contributed by atoms with Gasteiger partial charge in [-0.3, -0.25) is 0 Å². The molecule has 0 aromatic carbocycles. The van der Waals surface area contributed by atoms with Gasteiger partial charge in [-0.05, 0) is 0 Å². The normalized spacial score (nSPS) is 0.750. The second-order valence-corrected chi connectivity index (χ2v) is 0. The van der Waals surface area contributed by atoms with E-state index in [1.807, 2.05) is 0 Å². The van der Waals surface area contributed by atoms with Crippen LogP contribution < -0.4 is 0 Å². The van der Waals surface area contributed by atoms with Crippen LogP contribution in [0.3, 0.4) is 0 Å². The first-order valence-electron chi connectivity index (χ1n) is 0.204. The van der Waals surface area contributed by atoms with Gasteiger partial charge in [0.15, 0.2) is 0 Å². The molecule has 0 atom stereocenters. The third-order valence-electron chi connectivity index (χ3n) is 0. The molecule has 0 aromatic heterocycles. The molecule has 18 valence electrons. The van der Waals surface area contributed by atoms with Crippen molar-refractivity contribution in [1.29, 1.82) is 0 Å². The molecule has 0 aliphatic heterocycles. The largest absolute Gasteiger partial charge is 0 e. The van der Waals surface area contributed by atoms with E-state index in [1.54, 1.807) is 0 Å². The summed E-state index contributed by atoms with van der Waals surface area (Å²) in [6.45, 7) is 0. The van der Waals surface area contributed by atoms with Gasteiger partial charge in [0.25, 0.3) is 0 Å². The Bertz CT molecular complexity index is 8.00. The average Bonchev–Trinajstić information content (AvgIpc) is 1.00. The van der Waals surface area contributed by atoms with Gasteiger partial charge >= 0.3 is 43.5 Å². The Morgan fingerprint density at radius 2 is 1.25 bits per heavy atom. The topological polar surface area (TPSA) is 17.1 Å². The third-order valence-corrected chi connectivity index (χ3v) is 0. The van der Waals surface area contributed by atoms with E-state index in [4.69, 9.17) is 3.32 Å². The molecule has 0 heterocycles. The van der Waals surface area contributed by atoms with E-state index >= 15 is 0 Å². The van der Waals surface area contributed by atoms with Crippen molar-refractivity contribution >= 4 is 19.8 Å².